The van der Waals surface area contributed by atoms with Crippen molar-refractivity contribution in [2.75, 3.05) is 6.61 Å². The molecule has 8 atom stereocenters. The number of rotatable bonds is 12. The largest absolute Gasteiger partial charge is 0.458 e. The number of hydrogen-bond acceptors (Lipinski definition) is 8. The summed E-state index contributed by atoms with van der Waals surface area (Å²) in [5, 5.41) is 35.5. The average molecular weight is 615 g/mol. The van der Waals surface area contributed by atoms with Gasteiger partial charge >= 0.3 is 11.9 Å². The molecule has 44 heavy (non-hydrogen) atoms. The summed E-state index contributed by atoms with van der Waals surface area (Å²) in [4.78, 5) is 40.8. The van der Waals surface area contributed by atoms with E-state index >= 15 is 0 Å². The summed E-state index contributed by atoms with van der Waals surface area (Å²) >= 11 is 0. The van der Waals surface area contributed by atoms with Gasteiger partial charge in [-0.1, -0.05) is 83.9 Å². The molecule has 0 aromatic heterocycles. The van der Waals surface area contributed by atoms with Crippen LogP contribution in [0.4, 0.5) is 0 Å². The van der Waals surface area contributed by atoms with Gasteiger partial charge < -0.3 is 24.8 Å². The number of aliphatic hydroxyl groups excluding tert-OH is 2. The van der Waals surface area contributed by atoms with Gasteiger partial charge in [0.05, 0.1) is 5.41 Å². The van der Waals surface area contributed by atoms with Crippen LogP contribution in [0.5, 0.6) is 0 Å². The van der Waals surface area contributed by atoms with E-state index in [1.165, 1.54) is 19.3 Å². The molecule has 246 valence electrons. The fraction of sp³-hybridized carbons (Fsp3) is 0.750. The van der Waals surface area contributed by atoms with Crippen molar-refractivity contribution in [1.29, 1.82) is 0 Å². The minimum absolute atomic E-state index is 0.157. The Kier molecular flexibility index (Phi) is 9.81. The molecule has 2 bridgehead atoms. The Morgan fingerprint density at radius 3 is 2.23 bits per heavy atom. The number of unbranched alkanes of at least 4 members (excludes halogenated alkanes) is 6. The van der Waals surface area contributed by atoms with Crippen LogP contribution in [0.2, 0.25) is 0 Å². The smallest absolute Gasteiger partial charge is 0.333 e. The number of Topliss-reactive ketones (excluding diaryl/α,β-unsaturated/α-hetero) is 1. The number of carbonyl (C=O) groups is 3. The topological polar surface area (TPSA) is 130 Å². The molecular formula is C36H54O8. The molecule has 3 N–H and O–H groups in total. The van der Waals surface area contributed by atoms with Crippen molar-refractivity contribution in [3.05, 3.63) is 34.4 Å². The Hall–Kier alpha value is -2.29. The lowest BCUT2D eigenvalue weighted by molar-refractivity contribution is -0.192. The molecule has 0 aromatic rings. The second-order valence-corrected chi connectivity index (χ2v) is 14.8. The standard InChI is InChI=1S/C36H54O8/c1-9-10-11-12-13-14-15-16-27(37)44-35-19-23(5)34-18-22(4)29(38)36(34,42)30(39)25(20-43-32(41)24(6)21(2)3)17-26(31(34)40)28(35)33(35,7)8/h17-18,23,26,28-30,38-39,42H,9-16,19-20H2,1-8H3/t23-,26+,28-,29+,30-,34+,35+,36-/m1/s1. The van der Waals surface area contributed by atoms with Crippen LogP contribution in [-0.4, -0.2) is 63.1 Å². The maximum Gasteiger partial charge on any atom is 0.333 e. The van der Waals surface area contributed by atoms with Crippen LogP contribution in [0.3, 0.4) is 0 Å². The van der Waals surface area contributed by atoms with Gasteiger partial charge in [0.1, 0.15) is 30.0 Å². The zero-order valence-corrected chi connectivity index (χ0v) is 28.0. The van der Waals surface area contributed by atoms with Crippen molar-refractivity contribution in [2.45, 2.75) is 137 Å². The predicted molar refractivity (Wildman–Crippen MR) is 167 cm³/mol. The average Bonchev–Trinajstić information content (AvgIpc) is 3.37. The number of aliphatic hydroxyl groups is 3. The van der Waals surface area contributed by atoms with Crippen molar-refractivity contribution in [2.24, 2.45) is 28.6 Å². The maximum absolute atomic E-state index is 14.7. The summed E-state index contributed by atoms with van der Waals surface area (Å²) < 4.78 is 11.9. The lowest BCUT2D eigenvalue weighted by Crippen LogP contribution is -2.65. The van der Waals surface area contributed by atoms with E-state index in [0.29, 0.717) is 24.0 Å². The van der Waals surface area contributed by atoms with Gasteiger partial charge in [-0.3, -0.25) is 9.59 Å². The van der Waals surface area contributed by atoms with E-state index in [4.69, 9.17) is 9.47 Å². The molecule has 0 radical (unpaired) electrons. The van der Waals surface area contributed by atoms with E-state index in [1.54, 1.807) is 39.8 Å². The van der Waals surface area contributed by atoms with Crippen LogP contribution in [0.1, 0.15) is 113 Å². The van der Waals surface area contributed by atoms with E-state index < -0.39 is 58.0 Å². The molecule has 0 aromatic carbocycles. The highest BCUT2D eigenvalue weighted by Crippen LogP contribution is 2.75. The Labute approximate surface area is 263 Å². The van der Waals surface area contributed by atoms with E-state index in [0.717, 1.165) is 31.3 Å². The van der Waals surface area contributed by atoms with Gasteiger partial charge in [-0.15, -0.1) is 0 Å². The van der Waals surface area contributed by atoms with Gasteiger partial charge in [0.25, 0.3) is 0 Å². The first-order valence-electron chi connectivity index (χ1n) is 16.6. The Bertz CT molecular complexity index is 1250. The number of ketones is 1. The number of carbonyl (C=O) groups excluding carboxylic acids is 3. The third-order valence-electron chi connectivity index (χ3n) is 11.6. The second kappa shape index (κ2) is 12.5. The summed E-state index contributed by atoms with van der Waals surface area (Å²) in [7, 11) is 0. The van der Waals surface area contributed by atoms with Crippen LogP contribution in [0, 0.1) is 28.6 Å². The minimum atomic E-state index is -2.28. The van der Waals surface area contributed by atoms with Gasteiger partial charge in [-0.2, -0.15) is 0 Å². The molecule has 0 aliphatic heterocycles. The summed E-state index contributed by atoms with van der Waals surface area (Å²) in [6.45, 7) is 14.5. The first-order valence-corrected chi connectivity index (χ1v) is 16.6. The first kappa shape index (κ1) is 34.6. The molecular weight excluding hydrogens is 560 g/mol. The van der Waals surface area contributed by atoms with E-state index in [2.05, 4.69) is 6.92 Å². The van der Waals surface area contributed by atoms with E-state index in [9.17, 15) is 29.7 Å². The fourth-order valence-corrected chi connectivity index (χ4v) is 8.66. The molecule has 0 heterocycles. The van der Waals surface area contributed by atoms with Crippen molar-refractivity contribution in [3.8, 4) is 0 Å². The zero-order chi connectivity index (χ0) is 32.8. The Morgan fingerprint density at radius 1 is 1.00 bits per heavy atom. The quantitative estimate of drug-likeness (QED) is 0.113. The maximum atomic E-state index is 14.7. The lowest BCUT2D eigenvalue weighted by Gasteiger charge is -2.48. The fourth-order valence-electron chi connectivity index (χ4n) is 8.66. The molecule has 4 aliphatic carbocycles. The summed E-state index contributed by atoms with van der Waals surface area (Å²) in [5.74, 6) is -2.99. The third kappa shape index (κ3) is 5.23. The van der Waals surface area contributed by atoms with Crippen molar-refractivity contribution < 1.29 is 39.2 Å². The number of fused-ring (bicyclic) bond motifs is 3. The van der Waals surface area contributed by atoms with Crippen LogP contribution >= 0.6 is 0 Å². The Morgan fingerprint density at radius 2 is 1.61 bits per heavy atom. The zero-order valence-electron chi connectivity index (χ0n) is 28.0. The number of allylic oxidation sites excluding steroid dienone is 2. The van der Waals surface area contributed by atoms with Crippen LogP contribution < -0.4 is 0 Å². The second-order valence-electron chi connectivity index (χ2n) is 14.8. The van der Waals surface area contributed by atoms with Gasteiger partial charge in [-0.25, -0.2) is 4.79 Å². The van der Waals surface area contributed by atoms with Gasteiger partial charge in [0.2, 0.25) is 0 Å². The monoisotopic (exact) mass is 614 g/mol. The van der Waals surface area contributed by atoms with Crippen molar-refractivity contribution >= 4 is 17.7 Å². The molecule has 1 spiro atoms. The highest BCUT2D eigenvalue weighted by atomic mass is 16.6. The Balaban J connectivity index is 1.68. The molecule has 4 aliphatic rings. The molecule has 4 rings (SSSR count). The molecule has 2 fully saturated rings. The third-order valence-corrected chi connectivity index (χ3v) is 11.6. The van der Waals surface area contributed by atoms with Crippen LogP contribution in [-0.2, 0) is 23.9 Å². The normalized spacial score (nSPS) is 36.6. The summed E-state index contributed by atoms with van der Waals surface area (Å²) in [6, 6.07) is 0. The first-order chi connectivity index (χ1) is 20.5. The minimum Gasteiger partial charge on any atom is -0.458 e. The SMILES string of the molecule is CCCCCCCCCC(=O)O[C@@]12C[C@@H](C)[C@]34C=C(C)[C@H](O)[C@@]3(O)[C@H](O)C(COC(=O)C(C)=C(C)C)=C[C@H](C4=O)[C@@H]1C2(C)C. The highest BCUT2D eigenvalue weighted by molar-refractivity contribution is 5.96. The number of esters is 2. The van der Waals surface area contributed by atoms with Gasteiger partial charge in [-0.05, 0) is 57.6 Å². The lowest BCUT2D eigenvalue weighted by atomic mass is 9.59. The van der Waals surface area contributed by atoms with Crippen LogP contribution in [0.15, 0.2) is 34.4 Å². The van der Waals surface area contributed by atoms with E-state index in [1.807, 2.05) is 20.8 Å². The van der Waals surface area contributed by atoms with Gasteiger partial charge in [0, 0.05) is 29.2 Å². The van der Waals surface area contributed by atoms with Crippen LogP contribution in [0.25, 0.3) is 0 Å². The predicted octanol–water partition coefficient (Wildman–Crippen LogP) is 5.53. The van der Waals surface area contributed by atoms with Crippen molar-refractivity contribution in [3.63, 3.8) is 0 Å². The molecule has 0 unspecified atom stereocenters. The summed E-state index contributed by atoms with van der Waals surface area (Å²) in [5.41, 5.74) is -3.65. The highest BCUT2D eigenvalue weighted by Gasteiger charge is 2.83. The van der Waals surface area contributed by atoms with Crippen molar-refractivity contribution in [1.82, 2.24) is 0 Å². The molecule has 0 amide bonds. The number of hydrogen-bond donors (Lipinski definition) is 3. The van der Waals surface area contributed by atoms with Gasteiger partial charge in [0.15, 0.2) is 5.78 Å². The molecule has 2 saturated carbocycles. The molecule has 0 saturated heterocycles. The number of ether oxygens (including phenoxy) is 2. The molecule has 8 nitrogen and oxygen atoms in total. The summed E-state index contributed by atoms with van der Waals surface area (Å²) in [6.07, 6.45) is 8.25. The molecule has 8 heteroatoms. The van der Waals surface area contributed by atoms with E-state index in [-0.39, 0.29) is 23.9 Å².